The predicted octanol–water partition coefficient (Wildman–Crippen LogP) is 0.145. The zero-order chi connectivity index (χ0) is 9.97. The summed E-state index contributed by atoms with van der Waals surface area (Å²) in [4.78, 5) is 17.5. The third kappa shape index (κ3) is 1.63. The quantitative estimate of drug-likeness (QED) is 0.692. The van der Waals surface area contributed by atoms with Crippen LogP contribution in [0.15, 0.2) is 18.7 Å². The monoisotopic (exact) mass is 194 g/mol. The maximum Gasteiger partial charge on any atom is 0.329 e. The van der Waals surface area contributed by atoms with E-state index >= 15 is 0 Å². The molecule has 0 unspecified atom stereocenters. The minimum absolute atomic E-state index is 0.0141. The molecule has 2 heterocycles. The summed E-state index contributed by atoms with van der Waals surface area (Å²) in [6.07, 6.45) is 5.85. The minimum atomic E-state index is 0.0141. The molecule has 0 aliphatic carbocycles. The van der Waals surface area contributed by atoms with Gasteiger partial charge >= 0.3 is 6.03 Å². The van der Waals surface area contributed by atoms with Crippen LogP contribution in [0.3, 0.4) is 0 Å². The summed E-state index contributed by atoms with van der Waals surface area (Å²) in [7, 11) is 1.93. The van der Waals surface area contributed by atoms with E-state index in [9.17, 15) is 4.79 Å². The molecular formula is C9H14N4O. The SMILES string of the molecule is CN[C@H]1CCN(C(=O)n2ccnc2)C1. The summed E-state index contributed by atoms with van der Waals surface area (Å²) in [5.74, 6) is 0. The first-order valence-electron chi connectivity index (χ1n) is 4.76. The Morgan fingerprint density at radius 1 is 1.64 bits per heavy atom. The molecule has 1 aromatic rings. The molecule has 0 radical (unpaired) electrons. The van der Waals surface area contributed by atoms with E-state index in [0.717, 1.165) is 19.5 Å². The van der Waals surface area contributed by atoms with Crippen molar-refractivity contribution in [2.75, 3.05) is 20.1 Å². The number of nitrogens with one attached hydrogen (secondary N) is 1. The normalized spacial score (nSPS) is 21.5. The zero-order valence-electron chi connectivity index (χ0n) is 8.18. The Kier molecular flexibility index (Phi) is 2.49. The first-order valence-corrected chi connectivity index (χ1v) is 4.76. The molecule has 14 heavy (non-hydrogen) atoms. The Labute approximate surface area is 82.7 Å². The lowest BCUT2D eigenvalue weighted by Gasteiger charge is -2.15. The molecule has 1 aromatic heterocycles. The summed E-state index contributed by atoms with van der Waals surface area (Å²) >= 11 is 0. The van der Waals surface area contributed by atoms with Crippen molar-refractivity contribution in [2.45, 2.75) is 12.5 Å². The molecule has 0 saturated carbocycles. The number of carbonyl (C=O) groups is 1. The first-order chi connectivity index (χ1) is 6.81. The second-order valence-corrected chi connectivity index (χ2v) is 3.47. The molecule has 1 aliphatic heterocycles. The minimum Gasteiger partial charge on any atom is -0.322 e. The van der Waals surface area contributed by atoms with E-state index < -0.39 is 0 Å². The number of imidazole rings is 1. The molecule has 1 N–H and O–H groups in total. The van der Waals surface area contributed by atoms with Crippen molar-refractivity contribution in [3.63, 3.8) is 0 Å². The number of hydrogen-bond donors (Lipinski definition) is 1. The van der Waals surface area contributed by atoms with Crippen LogP contribution in [-0.2, 0) is 0 Å². The molecule has 5 heteroatoms. The van der Waals surface area contributed by atoms with Gasteiger partial charge in [-0.2, -0.15) is 0 Å². The summed E-state index contributed by atoms with van der Waals surface area (Å²) in [6.45, 7) is 1.61. The molecule has 1 saturated heterocycles. The van der Waals surface area contributed by atoms with E-state index in [2.05, 4.69) is 10.3 Å². The van der Waals surface area contributed by atoms with Gasteiger partial charge in [0.25, 0.3) is 0 Å². The van der Waals surface area contributed by atoms with Crippen LogP contribution >= 0.6 is 0 Å². The molecule has 5 nitrogen and oxygen atoms in total. The van der Waals surface area contributed by atoms with Crippen LogP contribution in [0.4, 0.5) is 4.79 Å². The fraction of sp³-hybridized carbons (Fsp3) is 0.556. The van der Waals surface area contributed by atoms with Gasteiger partial charge in [0.2, 0.25) is 0 Å². The van der Waals surface area contributed by atoms with Crippen molar-refractivity contribution in [2.24, 2.45) is 0 Å². The van der Waals surface area contributed by atoms with Crippen LogP contribution in [0.25, 0.3) is 0 Å². The Hall–Kier alpha value is -1.36. The maximum absolute atomic E-state index is 11.8. The zero-order valence-corrected chi connectivity index (χ0v) is 8.18. The first kappa shape index (κ1) is 9.21. The summed E-state index contributed by atoms with van der Waals surface area (Å²) in [6, 6.07) is 0.447. The van der Waals surface area contributed by atoms with Gasteiger partial charge in [-0.25, -0.2) is 9.78 Å². The van der Waals surface area contributed by atoms with Gasteiger partial charge in [0.05, 0.1) is 0 Å². The van der Waals surface area contributed by atoms with Crippen molar-refractivity contribution < 1.29 is 4.79 Å². The van der Waals surface area contributed by atoms with Crippen molar-refractivity contribution >= 4 is 6.03 Å². The molecule has 2 rings (SSSR count). The number of aromatic nitrogens is 2. The molecule has 1 amide bonds. The summed E-state index contributed by atoms with van der Waals surface area (Å²) < 4.78 is 1.51. The van der Waals surface area contributed by atoms with E-state index in [4.69, 9.17) is 0 Å². The van der Waals surface area contributed by atoms with Crippen LogP contribution in [0, 0.1) is 0 Å². The molecule has 1 fully saturated rings. The molecular weight excluding hydrogens is 180 g/mol. The van der Waals surface area contributed by atoms with Crippen LogP contribution < -0.4 is 5.32 Å². The third-order valence-corrected chi connectivity index (χ3v) is 2.59. The smallest absolute Gasteiger partial charge is 0.322 e. The van der Waals surface area contributed by atoms with E-state index in [1.165, 1.54) is 10.9 Å². The maximum atomic E-state index is 11.8. The fourth-order valence-corrected chi connectivity index (χ4v) is 1.71. The van der Waals surface area contributed by atoms with Crippen molar-refractivity contribution in [1.82, 2.24) is 19.8 Å². The Bertz CT molecular complexity index is 309. The number of likely N-dealkylation sites (tertiary alicyclic amines) is 1. The number of amides is 1. The van der Waals surface area contributed by atoms with E-state index in [0.29, 0.717) is 6.04 Å². The molecule has 0 aromatic carbocycles. The van der Waals surface area contributed by atoms with Crippen LogP contribution in [0.5, 0.6) is 0 Å². The van der Waals surface area contributed by atoms with Gasteiger partial charge in [-0.1, -0.05) is 0 Å². The van der Waals surface area contributed by atoms with Crippen LogP contribution in [0.2, 0.25) is 0 Å². The lowest BCUT2D eigenvalue weighted by molar-refractivity contribution is 0.209. The number of rotatable bonds is 1. The second-order valence-electron chi connectivity index (χ2n) is 3.47. The predicted molar refractivity (Wildman–Crippen MR) is 52.1 cm³/mol. The number of nitrogens with zero attached hydrogens (tertiary/aromatic N) is 3. The van der Waals surface area contributed by atoms with Crippen molar-refractivity contribution in [3.05, 3.63) is 18.7 Å². The number of carbonyl (C=O) groups excluding carboxylic acids is 1. The molecule has 76 valence electrons. The van der Waals surface area contributed by atoms with Crippen LogP contribution in [-0.4, -0.2) is 46.7 Å². The third-order valence-electron chi connectivity index (χ3n) is 2.59. The van der Waals surface area contributed by atoms with Gasteiger partial charge in [0.1, 0.15) is 6.33 Å². The fourth-order valence-electron chi connectivity index (χ4n) is 1.71. The van der Waals surface area contributed by atoms with E-state index in [-0.39, 0.29) is 6.03 Å². The number of hydrogen-bond acceptors (Lipinski definition) is 3. The molecule has 0 bridgehead atoms. The highest BCUT2D eigenvalue weighted by atomic mass is 16.2. The van der Waals surface area contributed by atoms with Gasteiger partial charge in [-0.15, -0.1) is 0 Å². The van der Waals surface area contributed by atoms with Gasteiger partial charge in [-0.3, -0.25) is 4.57 Å². The van der Waals surface area contributed by atoms with Crippen molar-refractivity contribution in [1.29, 1.82) is 0 Å². The second kappa shape index (κ2) is 3.79. The Morgan fingerprint density at radius 2 is 2.50 bits per heavy atom. The van der Waals surface area contributed by atoms with Gasteiger partial charge < -0.3 is 10.2 Å². The lowest BCUT2D eigenvalue weighted by Crippen LogP contribution is -2.35. The Balaban J connectivity index is 2.00. The standard InChI is InChI=1S/C9H14N4O/c1-10-8-2-4-12(6-8)9(14)13-5-3-11-7-13/h3,5,7-8,10H,2,4,6H2,1H3/t8-/m0/s1. The molecule has 1 atom stereocenters. The lowest BCUT2D eigenvalue weighted by atomic mass is 10.3. The molecule has 0 spiro atoms. The number of likely N-dealkylation sites (N-methyl/N-ethyl adjacent to an activating group) is 1. The highest BCUT2D eigenvalue weighted by molar-refractivity contribution is 5.76. The van der Waals surface area contributed by atoms with E-state index in [1.54, 1.807) is 12.4 Å². The largest absolute Gasteiger partial charge is 0.329 e. The highest BCUT2D eigenvalue weighted by Gasteiger charge is 2.25. The van der Waals surface area contributed by atoms with Gasteiger partial charge in [0, 0.05) is 31.5 Å². The van der Waals surface area contributed by atoms with Crippen LogP contribution in [0.1, 0.15) is 6.42 Å². The highest BCUT2D eigenvalue weighted by Crippen LogP contribution is 2.10. The van der Waals surface area contributed by atoms with Gasteiger partial charge in [-0.05, 0) is 13.5 Å². The summed E-state index contributed by atoms with van der Waals surface area (Å²) in [5.41, 5.74) is 0. The Morgan fingerprint density at radius 3 is 3.07 bits per heavy atom. The van der Waals surface area contributed by atoms with Gasteiger partial charge in [0.15, 0.2) is 0 Å². The average molecular weight is 194 g/mol. The summed E-state index contributed by atoms with van der Waals surface area (Å²) in [5, 5.41) is 3.18. The van der Waals surface area contributed by atoms with Crippen molar-refractivity contribution in [3.8, 4) is 0 Å². The van der Waals surface area contributed by atoms with E-state index in [1.807, 2.05) is 11.9 Å². The average Bonchev–Trinajstić information content (AvgIpc) is 2.88. The molecule has 1 aliphatic rings. The topological polar surface area (TPSA) is 50.2 Å².